The molecule has 2 aliphatic rings. The van der Waals surface area contributed by atoms with Crippen molar-refractivity contribution in [3.05, 3.63) is 12.1 Å². The number of carbonyl (C=O) groups excluding carboxylic acids is 2. The van der Waals surface area contributed by atoms with Crippen molar-refractivity contribution in [2.45, 2.75) is 18.9 Å². The molecule has 0 aromatic carbocycles. The van der Waals surface area contributed by atoms with Crippen LogP contribution in [0.1, 0.15) is 12.8 Å². The molecule has 1 aromatic rings. The van der Waals surface area contributed by atoms with Crippen molar-refractivity contribution in [1.29, 1.82) is 0 Å². The molecule has 0 saturated carbocycles. The zero-order chi connectivity index (χ0) is 16.4. The second-order valence-corrected chi connectivity index (χ2v) is 5.90. The minimum atomic E-state index is -0.230. The topological polar surface area (TPSA) is 84.9 Å². The number of likely N-dealkylation sites (tertiary alicyclic amines) is 2. The minimum Gasteiger partial charge on any atom is -0.480 e. The van der Waals surface area contributed by atoms with Crippen LogP contribution in [-0.2, 0) is 9.59 Å². The van der Waals surface area contributed by atoms with Gasteiger partial charge in [0, 0.05) is 45.1 Å². The summed E-state index contributed by atoms with van der Waals surface area (Å²) in [6.45, 7) is 1.66. The van der Waals surface area contributed by atoms with Gasteiger partial charge in [0.2, 0.25) is 23.6 Å². The molecule has 124 valence electrons. The van der Waals surface area contributed by atoms with Gasteiger partial charge in [0.15, 0.2) is 0 Å². The van der Waals surface area contributed by atoms with Gasteiger partial charge in [0.05, 0.1) is 19.6 Å². The molecule has 0 N–H and O–H groups in total. The lowest BCUT2D eigenvalue weighted by molar-refractivity contribution is -0.135. The number of aromatic nitrogens is 2. The van der Waals surface area contributed by atoms with E-state index >= 15 is 0 Å². The highest BCUT2D eigenvalue weighted by Crippen LogP contribution is 2.23. The van der Waals surface area contributed by atoms with Crippen molar-refractivity contribution < 1.29 is 19.1 Å². The molecule has 2 aliphatic heterocycles. The quantitative estimate of drug-likeness (QED) is 0.773. The first-order valence-electron chi connectivity index (χ1n) is 7.64. The Labute approximate surface area is 134 Å². The summed E-state index contributed by atoms with van der Waals surface area (Å²) in [5.74, 6) is 0.682. The van der Waals surface area contributed by atoms with Gasteiger partial charge in [-0.3, -0.25) is 9.59 Å². The van der Waals surface area contributed by atoms with E-state index in [2.05, 4.69) is 10.2 Å². The highest BCUT2D eigenvalue weighted by molar-refractivity contribution is 5.89. The summed E-state index contributed by atoms with van der Waals surface area (Å²) in [5.41, 5.74) is 0. The monoisotopic (exact) mass is 320 g/mol. The third kappa shape index (κ3) is 3.35. The molecule has 0 spiro atoms. The number of hydrogen-bond donors (Lipinski definition) is 0. The Kier molecular flexibility index (Phi) is 4.31. The molecule has 0 aliphatic carbocycles. The molecule has 23 heavy (non-hydrogen) atoms. The predicted molar refractivity (Wildman–Crippen MR) is 79.9 cm³/mol. The molecule has 3 rings (SSSR count). The van der Waals surface area contributed by atoms with Gasteiger partial charge in [-0.15, -0.1) is 10.2 Å². The van der Waals surface area contributed by atoms with E-state index in [4.69, 9.17) is 9.47 Å². The highest BCUT2D eigenvalue weighted by Gasteiger charge is 2.37. The van der Waals surface area contributed by atoms with Crippen molar-refractivity contribution in [1.82, 2.24) is 20.0 Å². The molecular formula is C15H20N4O4. The first kappa shape index (κ1) is 15.5. The number of amides is 2. The van der Waals surface area contributed by atoms with Crippen LogP contribution in [0, 0.1) is 5.92 Å². The van der Waals surface area contributed by atoms with E-state index in [1.165, 1.54) is 7.11 Å². The molecule has 0 unspecified atom stereocenters. The first-order valence-corrected chi connectivity index (χ1v) is 7.64. The second kappa shape index (κ2) is 6.39. The Morgan fingerprint density at radius 1 is 1.26 bits per heavy atom. The third-order valence-electron chi connectivity index (χ3n) is 4.26. The molecular weight excluding hydrogens is 300 g/mol. The zero-order valence-corrected chi connectivity index (χ0v) is 13.3. The predicted octanol–water partition coefficient (Wildman–Crippen LogP) is -0.0568. The fraction of sp³-hybridized carbons (Fsp3) is 0.600. The summed E-state index contributed by atoms with van der Waals surface area (Å²) >= 11 is 0. The molecule has 2 saturated heterocycles. The number of hydrogen-bond acceptors (Lipinski definition) is 6. The lowest BCUT2D eigenvalue weighted by Crippen LogP contribution is -2.36. The second-order valence-electron chi connectivity index (χ2n) is 5.90. The van der Waals surface area contributed by atoms with Crippen molar-refractivity contribution in [2.24, 2.45) is 5.92 Å². The molecule has 2 amide bonds. The summed E-state index contributed by atoms with van der Waals surface area (Å²) in [5, 5.41) is 7.78. The average molecular weight is 320 g/mol. The molecule has 0 radical (unpaired) electrons. The van der Waals surface area contributed by atoms with Crippen LogP contribution in [0.4, 0.5) is 0 Å². The van der Waals surface area contributed by atoms with E-state index < -0.39 is 0 Å². The Bertz CT molecular complexity index is 592. The van der Waals surface area contributed by atoms with E-state index in [1.54, 1.807) is 29.0 Å². The molecule has 3 heterocycles. The fourth-order valence-electron chi connectivity index (χ4n) is 2.96. The molecule has 8 heteroatoms. The Hall–Kier alpha value is -2.38. The van der Waals surface area contributed by atoms with Gasteiger partial charge < -0.3 is 19.3 Å². The first-order chi connectivity index (χ1) is 11.1. The van der Waals surface area contributed by atoms with Gasteiger partial charge in [-0.25, -0.2) is 0 Å². The van der Waals surface area contributed by atoms with Crippen LogP contribution in [0.2, 0.25) is 0 Å². The molecule has 2 fully saturated rings. The Morgan fingerprint density at radius 2 is 2.00 bits per heavy atom. The lowest BCUT2D eigenvalue weighted by Gasteiger charge is -2.20. The van der Waals surface area contributed by atoms with Crippen LogP contribution in [0.3, 0.4) is 0 Å². The standard InChI is InChI=1S/C15H20N4O4/c1-18-8-10(7-14(18)20)15(21)19-6-5-11(9-19)23-13-4-3-12(22-2)16-17-13/h3-4,10-11H,5-9H2,1-2H3/t10-,11+/m1/s1. The molecule has 0 bridgehead atoms. The average Bonchev–Trinajstić information content (AvgIpc) is 3.15. The molecule has 8 nitrogen and oxygen atoms in total. The van der Waals surface area contributed by atoms with E-state index in [1.807, 2.05) is 0 Å². The molecule has 2 atom stereocenters. The van der Waals surface area contributed by atoms with Crippen LogP contribution in [0.25, 0.3) is 0 Å². The van der Waals surface area contributed by atoms with Crippen molar-refractivity contribution in [3.63, 3.8) is 0 Å². The third-order valence-corrected chi connectivity index (χ3v) is 4.26. The normalized spacial score (nSPS) is 24.2. The van der Waals surface area contributed by atoms with Gasteiger partial charge in [0.25, 0.3) is 0 Å². The van der Waals surface area contributed by atoms with E-state index in [0.29, 0.717) is 37.8 Å². The fourth-order valence-corrected chi connectivity index (χ4v) is 2.96. The number of ether oxygens (including phenoxy) is 2. The maximum absolute atomic E-state index is 12.5. The number of carbonyl (C=O) groups is 2. The largest absolute Gasteiger partial charge is 0.480 e. The van der Waals surface area contributed by atoms with Gasteiger partial charge in [-0.1, -0.05) is 0 Å². The zero-order valence-electron chi connectivity index (χ0n) is 13.3. The van der Waals surface area contributed by atoms with Gasteiger partial charge in [-0.05, 0) is 0 Å². The van der Waals surface area contributed by atoms with Gasteiger partial charge in [-0.2, -0.15) is 0 Å². The van der Waals surface area contributed by atoms with Crippen LogP contribution in [-0.4, -0.2) is 71.7 Å². The smallest absolute Gasteiger partial charge is 0.233 e. The SMILES string of the molecule is COc1ccc(O[C@H]2CCN(C(=O)[C@@H]3CC(=O)N(C)C3)C2)nn1. The summed E-state index contributed by atoms with van der Waals surface area (Å²) in [4.78, 5) is 27.4. The van der Waals surface area contributed by atoms with Crippen LogP contribution in [0.5, 0.6) is 11.8 Å². The van der Waals surface area contributed by atoms with Crippen LogP contribution >= 0.6 is 0 Å². The van der Waals surface area contributed by atoms with Crippen molar-refractivity contribution in [3.8, 4) is 11.8 Å². The minimum absolute atomic E-state index is 0.0313. The van der Waals surface area contributed by atoms with Crippen molar-refractivity contribution >= 4 is 11.8 Å². The maximum atomic E-state index is 12.5. The van der Waals surface area contributed by atoms with E-state index in [-0.39, 0.29) is 23.8 Å². The highest BCUT2D eigenvalue weighted by atomic mass is 16.5. The van der Waals surface area contributed by atoms with Gasteiger partial charge >= 0.3 is 0 Å². The number of rotatable bonds is 4. The maximum Gasteiger partial charge on any atom is 0.233 e. The summed E-state index contributed by atoms with van der Waals surface area (Å²) in [6.07, 6.45) is 0.952. The Morgan fingerprint density at radius 3 is 2.61 bits per heavy atom. The number of methoxy groups -OCH3 is 1. The number of nitrogens with zero attached hydrogens (tertiary/aromatic N) is 4. The van der Waals surface area contributed by atoms with E-state index in [0.717, 1.165) is 6.42 Å². The van der Waals surface area contributed by atoms with Crippen LogP contribution < -0.4 is 9.47 Å². The lowest BCUT2D eigenvalue weighted by atomic mass is 10.1. The summed E-state index contributed by atoms with van der Waals surface area (Å²) in [6, 6.07) is 3.38. The van der Waals surface area contributed by atoms with Gasteiger partial charge in [0.1, 0.15) is 6.10 Å². The summed E-state index contributed by atoms with van der Waals surface area (Å²) < 4.78 is 10.7. The van der Waals surface area contributed by atoms with Crippen molar-refractivity contribution in [2.75, 3.05) is 33.8 Å². The van der Waals surface area contributed by atoms with E-state index in [9.17, 15) is 9.59 Å². The summed E-state index contributed by atoms with van der Waals surface area (Å²) in [7, 11) is 3.25. The Balaban J connectivity index is 1.53. The van der Waals surface area contributed by atoms with Crippen LogP contribution in [0.15, 0.2) is 12.1 Å². The molecule has 1 aromatic heterocycles.